The number of carboxylic acid groups (broad SMARTS) is 1. The molecule has 2 heterocycles. The van der Waals surface area contributed by atoms with Gasteiger partial charge in [0.2, 0.25) is 5.91 Å². The number of carbonyl (C=O) groups excluding carboxylic acids is 1. The molecule has 102 valence electrons. The van der Waals surface area contributed by atoms with Gasteiger partial charge in [-0.2, -0.15) is 0 Å². The molecule has 0 aromatic carbocycles. The first kappa shape index (κ1) is 12.3. The smallest absolute Gasteiger partial charge is 0.307 e. The first-order valence-corrected chi connectivity index (χ1v) is 6.13. The van der Waals surface area contributed by atoms with Crippen molar-refractivity contribution < 1.29 is 14.7 Å². The number of amides is 1. The zero-order chi connectivity index (χ0) is 14.1. The minimum atomic E-state index is -0.918. The summed E-state index contributed by atoms with van der Waals surface area (Å²) in [5.74, 6) is -1.47. The third-order valence-electron chi connectivity index (χ3n) is 3.23. The molecule has 2 aromatic heterocycles. The predicted molar refractivity (Wildman–Crippen MR) is 69.2 cm³/mol. The number of hydrogen-bond acceptors (Lipinski definition) is 4. The predicted octanol–water partition coefficient (Wildman–Crippen LogP) is 0.927. The molecule has 7 nitrogen and oxygen atoms in total. The van der Waals surface area contributed by atoms with Crippen LogP contribution in [-0.2, 0) is 9.59 Å². The van der Waals surface area contributed by atoms with Crippen LogP contribution in [0, 0.1) is 11.8 Å². The minimum Gasteiger partial charge on any atom is -0.481 e. The van der Waals surface area contributed by atoms with Crippen LogP contribution in [0.4, 0.5) is 5.69 Å². The van der Waals surface area contributed by atoms with E-state index in [9.17, 15) is 9.59 Å². The van der Waals surface area contributed by atoms with Gasteiger partial charge in [0.25, 0.3) is 0 Å². The third-order valence-corrected chi connectivity index (χ3v) is 3.23. The van der Waals surface area contributed by atoms with Gasteiger partial charge in [-0.15, -0.1) is 0 Å². The van der Waals surface area contributed by atoms with Gasteiger partial charge in [0.05, 0.1) is 23.7 Å². The lowest BCUT2D eigenvalue weighted by atomic mass is 10.3. The fraction of sp³-hybridized carbons (Fsp3) is 0.231. The second-order valence-corrected chi connectivity index (χ2v) is 4.65. The maximum absolute atomic E-state index is 11.8. The van der Waals surface area contributed by atoms with Gasteiger partial charge in [-0.05, 0) is 18.6 Å². The first-order chi connectivity index (χ1) is 9.65. The molecule has 20 heavy (non-hydrogen) atoms. The van der Waals surface area contributed by atoms with Gasteiger partial charge in [0, 0.05) is 12.4 Å². The van der Waals surface area contributed by atoms with Crippen LogP contribution in [0.1, 0.15) is 6.42 Å². The van der Waals surface area contributed by atoms with E-state index in [2.05, 4.69) is 15.3 Å². The minimum absolute atomic E-state index is 0.269. The topological polar surface area (TPSA) is 97.1 Å². The first-order valence-electron chi connectivity index (χ1n) is 6.13. The quantitative estimate of drug-likeness (QED) is 0.862. The van der Waals surface area contributed by atoms with Crippen molar-refractivity contribution in [1.29, 1.82) is 0 Å². The van der Waals surface area contributed by atoms with E-state index in [1.54, 1.807) is 35.4 Å². The Morgan fingerprint density at radius 1 is 1.35 bits per heavy atom. The number of rotatable bonds is 4. The zero-order valence-electron chi connectivity index (χ0n) is 10.4. The number of aromatic nitrogens is 3. The van der Waals surface area contributed by atoms with Gasteiger partial charge < -0.3 is 10.4 Å². The van der Waals surface area contributed by atoms with Crippen molar-refractivity contribution in [1.82, 2.24) is 14.5 Å². The maximum Gasteiger partial charge on any atom is 0.307 e. The van der Waals surface area contributed by atoms with Gasteiger partial charge in [0.1, 0.15) is 12.1 Å². The molecule has 0 spiro atoms. The molecule has 1 fully saturated rings. The van der Waals surface area contributed by atoms with E-state index in [-0.39, 0.29) is 5.91 Å². The molecule has 2 N–H and O–H groups in total. The molecule has 1 saturated carbocycles. The van der Waals surface area contributed by atoms with E-state index in [4.69, 9.17) is 5.11 Å². The summed E-state index contributed by atoms with van der Waals surface area (Å²) in [6.45, 7) is 0. The summed E-state index contributed by atoms with van der Waals surface area (Å²) in [6.07, 6.45) is 6.98. The Morgan fingerprint density at radius 2 is 2.20 bits per heavy atom. The van der Waals surface area contributed by atoms with Crippen molar-refractivity contribution >= 4 is 17.6 Å². The highest BCUT2D eigenvalue weighted by molar-refractivity contribution is 5.98. The molecule has 2 aromatic rings. The van der Waals surface area contributed by atoms with Gasteiger partial charge >= 0.3 is 5.97 Å². The summed E-state index contributed by atoms with van der Waals surface area (Å²) in [6, 6.07) is 3.47. The van der Waals surface area contributed by atoms with Crippen molar-refractivity contribution in [3.8, 4) is 5.82 Å². The fourth-order valence-electron chi connectivity index (χ4n) is 2.00. The fourth-order valence-corrected chi connectivity index (χ4v) is 2.00. The van der Waals surface area contributed by atoms with Crippen molar-refractivity contribution in [3.63, 3.8) is 0 Å². The number of hydrogen-bond donors (Lipinski definition) is 2. The molecule has 0 aliphatic heterocycles. The van der Waals surface area contributed by atoms with Crippen molar-refractivity contribution in [2.24, 2.45) is 11.8 Å². The molecule has 0 unspecified atom stereocenters. The molecule has 2 atom stereocenters. The summed E-state index contributed by atoms with van der Waals surface area (Å²) in [5, 5.41) is 11.5. The molecule has 0 bridgehead atoms. The third kappa shape index (κ3) is 2.37. The number of nitrogens with one attached hydrogen (secondary N) is 1. The Morgan fingerprint density at radius 3 is 2.75 bits per heavy atom. The Kier molecular flexibility index (Phi) is 2.94. The number of pyridine rings is 1. The van der Waals surface area contributed by atoms with Gasteiger partial charge in [-0.1, -0.05) is 0 Å². The normalized spacial score (nSPS) is 20.4. The average Bonchev–Trinajstić information content (AvgIpc) is 3.07. The standard InChI is InChI=1S/C13H12N4O3/c18-12(9-5-10(9)13(19)20)16-8-1-2-11(15-6-8)17-4-3-14-7-17/h1-4,6-7,9-10H,5H2,(H,16,18)(H,19,20)/t9-,10+/m1/s1. The number of anilines is 1. The second kappa shape index (κ2) is 4.76. The molecule has 1 aliphatic rings. The van der Waals surface area contributed by atoms with Crippen LogP contribution in [0.15, 0.2) is 37.1 Å². The van der Waals surface area contributed by atoms with E-state index in [0.29, 0.717) is 17.9 Å². The lowest BCUT2D eigenvalue weighted by molar-refractivity contribution is -0.139. The van der Waals surface area contributed by atoms with Crippen molar-refractivity contribution in [2.45, 2.75) is 6.42 Å². The number of carbonyl (C=O) groups is 2. The largest absolute Gasteiger partial charge is 0.481 e. The Labute approximate surface area is 114 Å². The van der Waals surface area contributed by atoms with Crippen LogP contribution >= 0.6 is 0 Å². The Bertz CT molecular complexity index is 636. The van der Waals surface area contributed by atoms with E-state index in [1.165, 1.54) is 6.20 Å². The van der Waals surface area contributed by atoms with E-state index < -0.39 is 17.8 Å². The summed E-state index contributed by atoms with van der Waals surface area (Å²) in [7, 11) is 0. The molecule has 7 heteroatoms. The highest BCUT2D eigenvalue weighted by Crippen LogP contribution is 2.39. The van der Waals surface area contributed by atoms with Crippen LogP contribution < -0.4 is 5.32 Å². The molecule has 1 aliphatic carbocycles. The molecule has 1 amide bonds. The monoisotopic (exact) mass is 272 g/mol. The summed E-state index contributed by atoms with van der Waals surface area (Å²) in [5.41, 5.74) is 0.551. The summed E-state index contributed by atoms with van der Waals surface area (Å²) in [4.78, 5) is 30.6. The van der Waals surface area contributed by atoms with Gasteiger partial charge in [-0.3, -0.25) is 14.2 Å². The lowest BCUT2D eigenvalue weighted by Crippen LogP contribution is -2.17. The van der Waals surface area contributed by atoms with Crippen LogP contribution in [0.2, 0.25) is 0 Å². The number of nitrogens with zero attached hydrogens (tertiary/aromatic N) is 3. The maximum atomic E-state index is 11.8. The van der Waals surface area contributed by atoms with E-state index >= 15 is 0 Å². The van der Waals surface area contributed by atoms with Crippen LogP contribution in [0.3, 0.4) is 0 Å². The SMILES string of the molecule is O=C(O)[C@H]1C[C@H]1C(=O)Nc1ccc(-n2ccnc2)nc1. The summed E-state index contributed by atoms with van der Waals surface area (Å²) >= 11 is 0. The highest BCUT2D eigenvalue weighted by atomic mass is 16.4. The van der Waals surface area contributed by atoms with Gasteiger partial charge in [0.15, 0.2) is 0 Å². The zero-order valence-corrected chi connectivity index (χ0v) is 10.4. The van der Waals surface area contributed by atoms with E-state index in [1.807, 2.05) is 0 Å². The molecule has 0 radical (unpaired) electrons. The lowest BCUT2D eigenvalue weighted by Gasteiger charge is -2.05. The number of imidazole rings is 1. The van der Waals surface area contributed by atoms with Crippen molar-refractivity contribution in [2.75, 3.05) is 5.32 Å². The summed E-state index contributed by atoms with van der Waals surface area (Å²) < 4.78 is 1.74. The Hall–Kier alpha value is -2.70. The van der Waals surface area contributed by atoms with Gasteiger partial charge in [-0.25, -0.2) is 9.97 Å². The number of carboxylic acids is 1. The highest BCUT2D eigenvalue weighted by Gasteiger charge is 2.48. The molecular formula is C13H12N4O3. The molecule has 0 saturated heterocycles. The number of aliphatic carboxylic acids is 1. The Balaban J connectivity index is 1.64. The van der Waals surface area contributed by atoms with Crippen LogP contribution in [0.25, 0.3) is 5.82 Å². The van der Waals surface area contributed by atoms with Crippen molar-refractivity contribution in [3.05, 3.63) is 37.1 Å². The van der Waals surface area contributed by atoms with Crippen LogP contribution in [0.5, 0.6) is 0 Å². The van der Waals surface area contributed by atoms with E-state index in [0.717, 1.165) is 0 Å². The second-order valence-electron chi connectivity index (χ2n) is 4.65. The average molecular weight is 272 g/mol. The molecular weight excluding hydrogens is 260 g/mol. The van der Waals surface area contributed by atoms with Crippen LogP contribution in [-0.4, -0.2) is 31.5 Å². The molecule has 3 rings (SSSR count).